The largest absolute Gasteiger partial charge is 0.368 e. The van der Waals surface area contributed by atoms with E-state index in [1.807, 2.05) is 26.2 Å². The molecule has 1 atom stereocenters. The number of rotatable bonds is 4. The molecule has 164 valence electrons. The number of aromatic nitrogens is 2. The third-order valence-electron chi connectivity index (χ3n) is 8.16. The number of carbonyl (C=O) groups excluding carboxylic acids is 1. The number of likely N-dealkylation sites (tertiary alicyclic amines) is 2. The summed E-state index contributed by atoms with van der Waals surface area (Å²) in [7, 11) is 0. The van der Waals surface area contributed by atoms with Gasteiger partial charge in [0.2, 0.25) is 5.91 Å². The molecular weight excluding hydrogens is 374 g/mol. The Balaban J connectivity index is 1.13. The first-order valence-corrected chi connectivity index (χ1v) is 11.9. The van der Waals surface area contributed by atoms with Gasteiger partial charge in [0, 0.05) is 61.4 Å². The van der Waals surface area contributed by atoms with Crippen LogP contribution in [0.1, 0.15) is 65.1 Å². The van der Waals surface area contributed by atoms with Crippen LogP contribution in [0.2, 0.25) is 0 Å². The second kappa shape index (κ2) is 7.18. The van der Waals surface area contributed by atoms with Crippen molar-refractivity contribution >= 4 is 11.6 Å². The molecule has 2 spiro atoms. The molecule has 1 amide bonds. The highest BCUT2D eigenvalue weighted by atomic mass is 16.2. The van der Waals surface area contributed by atoms with Gasteiger partial charge in [-0.1, -0.05) is 27.7 Å². The van der Waals surface area contributed by atoms with Gasteiger partial charge in [-0.3, -0.25) is 9.69 Å². The number of amides is 1. The highest BCUT2D eigenvalue weighted by Crippen LogP contribution is 2.53. The van der Waals surface area contributed by atoms with E-state index in [0.29, 0.717) is 22.7 Å². The average Bonchev–Trinajstić information content (AvgIpc) is 3.26. The third kappa shape index (κ3) is 3.41. The summed E-state index contributed by atoms with van der Waals surface area (Å²) in [6.45, 7) is 15.0. The summed E-state index contributed by atoms with van der Waals surface area (Å²) in [5.74, 6) is 1.78. The SMILES string of the molecule is CC(C)C(=O)N1CC2(CC(N3CCC4(CCN(c5cnc(C(C)C)nc5)C4)C3)C2)C1. The highest BCUT2D eigenvalue weighted by Gasteiger charge is 2.57. The summed E-state index contributed by atoms with van der Waals surface area (Å²) >= 11 is 0. The molecule has 1 unspecified atom stereocenters. The van der Waals surface area contributed by atoms with Gasteiger partial charge in [0.25, 0.3) is 0 Å². The van der Waals surface area contributed by atoms with Crippen molar-refractivity contribution in [3.63, 3.8) is 0 Å². The lowest BCUT2D eigenvalue weighted by Gasteiger charge is -2.61. The summed E-state index contributed by atoms with van der Waals surface area (Å²) < 4.78 is 0. The van der Waals surface area contributed by atoms with Crippen LogP contribution in [0.5, 0.6) is 0 Å². The lowest BCUT2D eigenvalue weighted by molar-refractivity contribution is -0.160. The van der Waals surface area contributed by atoms with Crippen molar-refractivity contribution in [3.8, 4) is 0 Å². The molecule has 3 saturated heterocycles. The quantitative estimate of drug-likeness (QED) is 0.762. The molecule has 6 nitrogen and oxygen atoms in total. The van der Waals surface area contributed by atoms with Gasteiger partial charge in [0.1, 0.15) is 5.82 Å². The van der Waals surface area contributed by atoms with E-state index in [0.717, 1.165) is 38.0 Å². The van der Waals surface area contributed by atoms with Crippen molar-refractivity contribution in [1.29, 1.82) is 0 Å². The zero-order valence-electron chi connectivity index (χ0n) is 19.1. The van der Waals surface area contributed by atoms with E-state index in [1.54, 1.807) is 0 Å². The summed E-state index contributed by atoms with van der Waals surface area (Å²) in [5.41, 5.74) is 2.07. The van der Waals surface area contributed by atoms with Crippen LogP contribution in [0.25, 0.3) is 0 Å². The van der Waals surface area contributed by atoms with Crippen molar-refractivity contribution in [1.82, 2.24) is 19.8 Å². The Morgan fingerprint density at radius 2 is 1.63 bits per heavy atom. The predicted octanol–water partition coefficient (Wildman–Crippen LogP) is 3.15. The number of carbonyl (C=O) groups is 1. The van der Waals surface area contributed by atoms with E-state index in [4.69, 9.17) is 0 Å². The van der Waals surface area contributed by atoms with E-state index in [9.17, 15) is 4.79 Å². The van der Waals surface area contributed by atoms with Gasteiger partial charge in [0.05, 0.1) is 18.1 Å². The standard InChI is InChI=1S/C24H37N5O/c1-17(2)21-25-11-20(12-26-21)28-8-6-23(14-28)5-7-27(13-23)19-9-24(10-19)15-29(16-24)22(30)18(3)4/h11-12,17-19H,5-10,13-16H2,1-4H3. The van der Waals surface area contributed by atoms with Crippen molar-refractivity contribution in [2.45, 2.75) is 65.3 Å². The van der Waals surface area contributed by atoms with E-state index >= 15 is 0 Å². The molecule has 1 aromatic heterocycles. The van der Waals surface area contributed by atoms with E-state index in [-0.39, 0.29) is 5.92 Å². The molecule has 1 aliphatic carbocycles. The summed E-state index contributed by atoms with van der Waals surface area (Å²) in [4.78, 5) is 28.6. The van der Waals surface area contributed by atoms with E-state index < -0.39 is 0 Å². The van der Waals surface area contributed by atoms with Crippen LogP contribution in [0, 0.1) is 16.7 Å². The van der Waals surface area contributed by atoms with Gasteiger partial charge < -0.3 is 9.80 Å². The molecule has 4 fully saturated rings. The average molecular weight is 412 g/mol. The highest BCUT2D eigenvalue weighted by molar-refractivity contribution is 5.79. The maximum absolute atomic E-state index is 12.2. The van der Waals surface area contributed by atoms with E-state index in [1.165, 1.54) is 44.5 Å². The Morgan fingerprint density at radius 3 is 2.27 bits per heavy atom. The number of nitrogens with zero attached hydrogens (tertiary/aromatic N) is 5. The lowest BCUT2D eigenvalue weighted by atomic mass is 9.60. The molecular formula is C24H37N5O. The molecule has 0 radical (unpaired) electrons. The molecule has 0 N–H and O–H groups in total. The fraction of sp³-hybridized carbons (Fsp3) is 0.792. The second-order valence-corrected chi connectivity index (χ2v) is 11.3. The zero-order valence-corrected chi connectivity index (χ0v) is 19.1. The normalized spacial score (nSPS) is 28.7. The lowest BCUT2D eigenvalue weighted by Crippen LogP contribution is -2.67. The Hall–Kier alpha value is -1.69. The summed E-state index contributed by atoms with van der Waals surface area (Å²) in [6.07, 6.45) is 9.22. The van der Waals surface area contributed by atoms with Crippen LogP contribution in [-0.2, 0) is 4.79 Å². The van der Waals surface area contributed by atoms with Crippen LogP contribution in [-0.4, -0.2) is 71.0 Å². The van der Waals surface area contributed by atoms with Gasteiger partial charge >= 0.3 is 0 Å². The first-order valence-electron chi connectivity index (χ1n) is 11.9. The molecule has 3 aliphatic heterocycles. The Bertz CT molecular complexity index is 792. The Labute approximate surface area is 181 Å². The van der Waals surface area contributed by atoms with Crippen molar-refractivity contribution in [3.05, 3.63) is 18.2 Å². The molecule has 4 aliphatic rings. The number of anilines is 1. The van der Waals surface area contributed by atoms with Crippen LogP contribution in [0.3, 0.4) is 0 Å². The topological polar surface area (TPSA) is 52.6 Å². The van der Waals surface area contributed by atoms with Crippen LogP contribution in [0.4, 0.5) is 5.69 Å². The number of hydrogen-bond acceptors (Lipinski definition) is 5. The first-order chi connectivity index (χ1) is 14.3. The van der Waals surface area contributed by atoms with Crippen LogP contribution < -0.4 is 4.90 Å². The monoisotopic (exact) mass is 411 g/mol. The zero-order chi connectivity index (χ0) is 21.1. The minimum absolute atomic E-state index is 0.133. The van der Waals surface area contributed by atoms with Crippen molar-refractivity contribution in [2.24, 2.45) is 16.7 Å². The maximum Gasteiger partial charge on any atom is 0.225 e. The Morgan fingerprint density at radius 1 is 0.967 bits per heavy atom. The van der Waals surface area contributed by atoms with E-state index in [2.05, 4.69) is 38.5 Å². The fourth-order valence-corrected chi connectivity index (χ4v) is 6.30. The van der Waals surface area contributed by atoms with Gasteiger partial charge in [-0.2, -0.15) is 0 Å². The molecule has 1 aromatic rings. The molecule has 6 heteroatoms. The van der Waals surface area contributed by atoms with Gasteiger partial charge in [-0.25, -0.2) is 9.97 Å². The Kier molecular flexibility index (Phi) is 4.84. The van der Waals surface area contributed by atoms with Gasteiger partial charge in [-0.05, 0) is 32.2 Å². The smallest absolute Gasteiger partial charge is 0.225 e. The second-order valence-electron chi connectivity index (χ2n) is 11.3. The minimum Gasteiger partial charge on any atom is -0.368 e. The molecule has 5 rings (SSSR count). The van der Waals surface area contributed by atoms with Crippen LogP contribution >= 0.6 is 0 Å². The maximum atomic E-state index is 12.2. The molecule has 0 aromatic carbocycles. The molecule has 30 heavy (non-hydrogen) atoms. The van der Waals surface area contributed by atoms with Gasteiger partial charge in [-0.15, -0.1) is 0 Å². The first kappa shape index (κ1) is 20.2. The molecule has 4 heterocycles. The minimum atomic E-state index is 0.133. The van der Waals surface area contributed by atoms with Crippen LogP contribution in [0.15, 0.2) is 12.4 Å². The third-order valence-corrected chi connectivity index (χ3v) is 8.16. The van der Waals surface area contributed by atoms with Crippen molar-refractivity contribution < 1.29 is 4.79 Å². The predicted molar refractivity (Wildman–Crippen MR) is 118 cm³/mol. The van der Waals surface area contributed by atoms with Gasteiger partial charge in [0.15, 0.2) is 0 Å². The molecule has 1 saturated carbocycles. The number of hydrogen-bond donors (Lipinski definition) is 0. The summed E-state index contributed by atoms with van der Waals surface area (Å²) in [5, 5.41) is 0. The molecule has 0 bridgehead atoms. The summed E-state index contributed by atoms with van der Waals surface area (Å²) in [6, 6.07) is 0.739. The van der Waals surface area contributed by atoms with Crippen molar-refractivity contribution in [2.75, 3.05) is 44.2 Å². The fourth-order valence-electron chi connectivity index (χ4n) is 6.30.